The molecule has 0 aromatic heterocycles. The van der Waals surface area contributed by atoms with E-state index in [1.165, 1.54) is 82.6 Å². The Morgan fingerprint density at radius 3 is 1.74 bits per heavy atom. The predicted octanol–water partition coefficient (Wildman–Crippen LogP) is 9.33. The number of hydrogen-bond donors (Lipinski definition) is 0. The maximum Gasteiger partial charge on any atom is -0.0162 e. The molecule has 0 radical (unpaired) electrons. The first-order chi connectivity index (χ1) is 13.0. The molecule has 1 rings (SSSR count). The van der Waals surface area contributed by atoms with E-state index >= 15 is 0 Å². The van der Waals surface area contributed by atoms with E-state index < -0.39 is 0 Å². The molecule has 0 aliphatic carbocycles. The van der Waals surface area contributed by atoms with E-state index in [0.717, 1.165) is 11.8 Å². The van der Waals surface area contributed by atoms with Gasteiger partial charge in [0, 0.05) is 0 Å². The van der Waals surface area contributed by atoms with Crippen molar-refractivity contribution in [3.63, 3.8) is 0 Å². The van der Waals surface area contributed by atoms with Crippen LogP contribution in [0.5, 0.6) is 0 Å². The normalized spacial score (nSPS) is 14.3. The van der Waals surface area contributed by atoms with E-state index in [2.05, 4.69) is 65.8 Å². The minimum Gasteiger partial charge on any atom is -0.0654 e. The van der Waals surface area contributed by atoms with Gasteiger partial charge in [-0.3, -0.25) is 0 Å². The molecule has 1 aromatic carbocycles. The predicted molar refractivity (Wildman–Crippen MR) is 124 cm³/mol. The summed E-state index contributed by atoms with van der Waals surface area (Å²) in [4.78, 5) is 0. The van der Waals surface area contributed by atoms with Crippen molar-refractivity contribution >= 4 is 0 Å². The Labute approximate surface area is 171 Å². The Kier molecular flexibility index (Phi) is 12.0. The third-order valence-electron chi connectivity index (χ3n) is 6.84. The average molecular weight is 373 g/mol. The van der Waals surface area contributed by atoms with E-state index in [4.69, 9.17) is 0 Å². The molecule has 1 aromatic rings. The van der Waals surface area contributed by atoms with Gasteiger partial charge < -0.3 is 0 Å². The summed E-state index contributed by atoms with van der Waals surface area (Å²) in [6, 6.07) is 9.66. The van der Waals surface area contributed by atoms with Gasteiger partial charge in [-0.15, -0.1) is 0 Å². The van der Waals surface area contributed by atoms with Crippen LogP contribution in [0, 0.1) is 11.3 Å². The van der Waals surface area contributed by atoms with E-state index in [0.29, 0.717) is 5.41 Å². The van der Waals surface area contributed by atoms with E-state index in [1.807, 2.05) is 0 Å². The van der Waals surface area contributed by atoms with Crippen LogP contribution in [-0.2, 0) is 6.42 Å². The van der Waals surface area contributed by atoms with E-state index in [9.17, 15) is 0 Å². The van der Waals surface area contributed by atoms with E-state index in [1.54, 1.807) is 5.56 Å². The molecule has 0 heteroatoms. The zero-order valence-electron chi connectivity index (χ0n) is 19.4. The lowest BCUT2D eigenvalue weighted by Crippen LogP contribution is -2.20. The molecule has 0 heterocycles. The lowest BCUT2D eigenvalue weighted by Gasteiger charge is -2.34. The van der Waals surface area contributed by atoms with Gasteiger partial charge in [-0.1, -0.05) is 91.5 Å². The quantitative estimate of drug-likeness (QED) is 0.287. The zero-order valence-corrected chi connectivity index (χ0v) is 19.4. The van der Waals surface area contributed by atoms with Gasteiger partial charge in [0.25, 0.3) is 0 Å². The molecule has 0 fully saturated rings. The SMILES string of the molecule is CCCC(CCC)(CCC)CCCc1ccc(C(CC)CC(C)CC)cc1. The molecule has 0 saturated heterocycles. The molecule has 0 amide bonds. The molecule has 2 unspecified atom stereocenters. The first-order valence-electron chi connectivity index (χ1n) is 12.1. The molecule has 156 valence electrons. The van der Waals surface area contributed by atoms with Crippen molar-refractivity contribution in [1.29, 1.82) is 0 Å². The third kappa shape index (κ3) is 8.41. The van der Waals surface area contributed by atoms with Gasteiger partial charge >= 0.3 is 0 Å². The average Bonchev–Trinajstić information content (AvgIpc) is 2.67. The molecule has 0 nitrogen and oxygen atoms in total. The molecule has 0 aliphatic rings. The van der Waals surface area contributed by atoms with Crippen molar-refractivity contribution in [2.75, 3.05) is 0 Å². The molecule has 0 saturated carbocycles. The largest absolute Gasteiger partial charge is 0.0654 e. The smallest absolute Gasteiger partial charge is 0.0162 e. The summed E-state index contributed by atoms with van der Waals surface area (Å²) in [5.74, 6) is 1.57. The van der Waals surface area contributed by atoms with Crippen LogP contribution in [0.4, 0.5) is 0 Å². The van der Waals surface area contributed by atoms with Gasteiger partial charge in [-0.25, -0.2) is 0 Å². The fraction of sp³-hybridized carbons (Fsp3) is 0.778. The second kappa shape index (κ2) is 13.4. The van der Waals surface area contributed by atoms with Crippen LogP contribution in [0.15, 0.2) is 24.3 Å². The zero-order chi connectivity index (χ0) is 20.1. The highest BCUT2D eigenvalue weighted by atomic mass is 14.3. The van der Waals surface area contributed by atoms with Crippen molar-refractivity contribution in [3.8, 4) is 0 Å². The fourth-order valence-electron chi connectivity index (χ4n) is 5.16. The van der Waals surface area contributed by atoms with Crippen molar-refractivity contribution in [2.24, 2.45) is 11.3 Å². The van der Waals surface area contributed by atoms with Crippen LogP contribution < -0.4 is 0 Å². The van der Waals surface area contributed by atoms with Crippen molar-refractivity contribution in [2.45, 2.75) is 125 Å². The number of rotatable bonds is 15. The lowest BCUT2D eigenvalue weighted by molar-refractivity contribution is 0.188. The Morgan fingerprint density at radius 2 is 1.30 bits per heavy atom. The van der Waals surface area contributed by atoms with Gasteiger partial charge in [-0.05, 0) is 79.7 Å². The second-order valence-corrected chi connectivity index (χ2v) is 9.20. The molecule has 0 N–H and O–H groups in total. The van der Waals surface area contributed by atoms with Crippen LogP contribution in [0.1, 0.15) is 129 Å². The Hall–Kier alpha value is -0.780. The number of benzene rings is 1. The Bertz CT molecular complexity index is 452. The monoisotopic (exact) mass is 372 g/mol. The summed E-state index contributed by atoms with van der Waals surface area (Å²) in [6.07, 6.45) is 16.2. The molecule has 0 bridgehead atoms. The first kappa shape index (κ1) is 24.3. The van der Waals surface area contributed by atoms with Crippen molar-refractivity contribution in [1.82, 2.24) is 0 Å². The van der Waals surface area contributed by atoms with Crippen LogP contribution in [-0.4, -0.2) is 0 Å². The standard InChI is InChI=1S/C27H48/c1-7-18-27(19-8-2,20-9-3)21-12-13-24-14-16-26(17-15-24)25(11-5)22-23(6)10-4/h14-17,23,25H,7-13,18-22H2,1-6H3. The Morgan fingerprint density at radius 1 is 0.741 bits per heavy atom. The number of aryl methyl sites for hydroxylation is 1. The summed E-state index contributed by atoms with van der Waals surface area (Å²) < 4.78 is 0. The topological polar surface area (TPSA) is 0 Å². The van der Waals surface area contributed by atoms with Gasteiger partial charge in [0.1, 0.15) is 0 Å². The summed E-state index contributed by atoms with van der Waals surface area (Å²) in [7, 11) is 0. The minimum absolute atomic E-state index is 0.613. The van der Waals surface area contributed by atoms with Crippen LogP contribution in [0.3, 0.4) is 0 Å². The molecule has 0 spiro atoms. The van der Waals surface area contributed by atoms with Gasteiger partial charge in [0.2, 0.25) is 0 Å². The number of hydrogen-bond acceptors (Lipinski definition) is 0. The van der Waals surface area contributed by atoms with Crippen LogP contribution in [0.25, 0.3) is 0 Å². The summed E-state index contributed by atoms with van der Waals surface area (Å²) >= 11 is 0. The van der Waals surface area contributed by atoms with Crippen molar-refractivity contribution in [3.05, 3.63) is 35.4 Å². The van der Waals surface area contributed by atoms with Crippen LogP contribution in [0.2, 0.25) is 0 Å². The highest BCUT2D eigenvalue weighted by Gasteiger charge is 2.26. The fourth-order valence-corrected chi connectivity index (χ4v) is 5.16. The van der Waals surface area contributed by atoms with Gasteiger partial charge in [-0.2, -0.15) is 0 Å². The molecule has 0 aliphatic heterocycles. The lowest BCUT2D eigenvalue weighted by atomic mass is 9.72. The highest BCUT2D eigenvalue weighted by molar-refractivity contribution is 5.25. The second-order valence-electron chi connectivity index (χ2n) is 9.20. The van der Waals surface area contributed by atoms with Crippen LogP contribution >= 0.6 is 0 Å². The van der Waals surface area contributed by atoms with E-state index in [-0.39, 0.29) is 0 Å². The van der Waals surface area contributed by atoms with Gasteiger partial charge in [0.05, 0.1) is 0 Å². The summed E-state index contributed by atoms with van der Waals surface area (Å²) in [5.41, 5.74) is 3.70. The Balaban J connectivity index is 2.63. The summed E-state index contributed by atoms with van der Waals surface area (Å²) in [6.45, 7) is 14.1. The molecule has 2 atom stereocenters. The molecular formula is C27H48. The third-order valence-corrected chi connectivity index (χ3v) is 6.84. The summed E-state index contributed by atoms with van der Waals surface area (Å²) in [5, 5.41) is 0. The van der Waals surface area contributed by atoms with Gasteiger partial charge in [0.15, 0.2) is 0 Å². The maximum absolute atomic E-state index is 2.42. The highest BCUT2D eigenvalue weighted by Crippen LogP contribution is 2.40. The minimum atomic E-state index is 0.613. The molecule has 27 heavy (non-hydrogen) atoms. The maximum atomic E-state index is 2.42. The molecular weight excluding hydrogens is 324 g/mol. The first-order valence-corrected chi connectivity index (χ1v) is 12.1. The van der Waals surface area contributed by atoms with Crippen molar-refractivity contribution < 1.29 is 0 Å².